The molecule has 4 aromatic rings. The number of rotatable bonds is 4. The van der Waals surface area contributed by atoms with Gasteiger partial charge in [0.15, 0.2) is 0 Å². The maximum Gasteiger partial charge on any atom is 0.416 e. The first-order valence-electron chi connectivity index (χ1n) is 9.16. The van der Waals surface area contributed by atoms with E-state index in [1.165, 1.54) is 23.3 Å². The summed E-state index contributed by atoms with van der Waals surface area (Å²) in [7, 11) is 0. The van der Waals surface area contributed by atoms with Crippen molar-refractivity contribution in [2.75, 3.05) is 0 Å². The third-order valence-corrected chi connectivity index (χ3v) is 4.58. The monoisotopic (exact) mass is 449 g/mol. The van der Waals surface area contributed by atoms with Gasteiger partial charge in [-0.15, -0.1) is 5.10 Å². The maximum atomic E-state index is 13.2. The van der Waals surface area contributed by atoms with Crippen LogP contribution in [-0.2, 0) is 18.9 Å². The molecule has 0 atom stereocenters. The van der Waals surface area contributed by atoms with Crippen LogP contribution in [-0.4, -0.2) is 25.0 Å². The van der Waals surface area contributed by atoms with Crippen molar-refractivity contribution in [1.29, 1.82) is 0 Å². The predicted octanol–water partition coefficient (Wildman–Crippen LogP) is 5.49. The van der Waals surface area contributed by atoms with Gasteiger partial charge in [-0.05, 0) is 48.0 Å². The first kappa shape index (κ1) is 21.5. The zero-order chi connectivity index (χ0) is 22.9. The van der Waals surface area contributed by atoms with E-state index in [0.29, 0.717) is 34.8 Å². The highest BCUT2D eigenvalue weighted by atomic mass is 19.4. The van der Waals surface area contributed by atoms with E-state index < -0.39 is 23.5 Å². The summed E-state index contributed by atoms with van der Waals surface area (Å²) >= 11 is 0. The molecule has 1 aromatic carbocycles. The molecule has 0 fully saturated rings. The molecule has 0 aliphatic rings. The summed E-state index contributed by atoms with van der Waals surface area (Å²) in [5, 5.41) is 8.08. The quantitative estimate of drug-likeness (QED) is 0.387. The Kier molecular flexibility index (Phi) is 5.41. The average Bonchev–Trinajstić information content (AvgIpc) is 3.17. The molecule has 0 saturated carbocycles. The second-order valence-electron chi connectivity index (χ2n) is 6.81. The normalized spacial score (nSPS) is 12.2. The second kappa shape index (κ2) is 8.06. The first-order chi connectivity index (χ1) is 15.1. The summed E-state index contributed by atoms with van der Waals surface area (Å²) in [6.07, 6.45) is -5.34. The standard InChI is InChI=1S/C21H13F6N5/c22-20(23,24)15-9-13(10-16(11-15)21(25,26)27)12-32-19(14-4-7-28-8-5-14)18(30-31-32)17-3-1-2-6-29-17/h1-11H,12H2. The van der Waals surface area contributed by atoms with E-state index in [0.717, 1.165) is 0 Å². The molecule has 3 aromatic heterocycles. The van der Waals surface area contributed by atoms with Gasteiger partial charge in [0.1, 0.15) is 5.69 Å². The Morgan fingerprint density at radius 3 is 2.00 bits per heavy atom. The Labute approximate surface area is 177 Å². The van der Waals surface area contributed by atoms with Crippen molar-refractivity contribution in [2.24, 2.45) is 0 Å². The number of hydrogen-bond acceptors (Lipinski definition) is 4. The van der Waals surface area contributed by atoms with Gasteiger partial charge < -0.3 is 0 Å². The van der Waals surface area contributed by atoms with E-state index in [-0.39, 0.29) is 18.2 Å². The molecular formula is C21H13F6N5. The van der Waals surface area contributed by atoms with Crippen molar-refractivity contribution < 1.29 is 26.3 Å². The van der Waals surface area contributed by atoms with Crippen molar-refractivity contribution in [3.05, 3.63) is 83.8 Å². The van der Waals surface area contributed by atoms with Gasteiger partial charge in [-0.1, -0.05) is 11.3 Å². The number of alkyl halides is 6. The average molecular weight is 449 g/mol. The predicted molar refractivity (Wildman–Crippen MR) is 102 cm³/mol. The molecule has 3 heterocycles. The van der Waals surface area contributed by atoms with Gasteiger partial charge in [0.2, 0.25) is 0 Å². The number of benzene rings is 1. The van der Waals surface area contributed by atoms with Crippen molar-refractivity contribution in [3.63, 3.8) is 0 Å². The van der Waals surface area contributed by atoms with Crippen LogP contribution in [0.25, 0.3) is 22.6 Å². The van der Waals surface area contributed by atoms with Gasteiger partial charge in [0.25, 0.3) is 0 Å². The van der Waals surface area contributed by atoms with Gasteiger partial charge in [0.05, 0.1) is 29.1 Å². The van der Waals surface area contributed by atoms with E-state index in [4.69, 9.17) is 0 Å². The second-order valence-corrected chi connectivity index (χ2v) is 6.81. The summed E-state index contributed by atoms with van der Waals surface area (Å²) in [6.45, 7) is -0.371. The molecular weight excluding hydrogens is 436 g/mol. The fourth-order valence-corrected chi connectivity index (χ4v) is 3.18. The summed E-state index contributed by atoms with van der Waals surface area (Å²) < 4.78 is 80.6. The third-order valence-electron chi connectivity index (χ3n) is 4.58. The molecule has 32 heavy (non-hydrogen) atoms. The Morgan fingerprint density at radius 2 is 1.44 bits per heavy atom. The van der Waals surface area contributed by atoms with Crippen LogP contribution in [0.1, 0.15) is 16.7 Å². The largest absolute Gasteiger partial charge is 0.416 e. The molecule has 5 nitrogen and oxygen atoms in total. The molecule has 0 saturated heterocycles. The van der Waals surface area contributed by atoms with E-state index >= 15 is 0 Å². The van der Waals surface area contributed by atoms with E-state index in [1.54, 1.807) is 30.3 Å². The van der Waals surface area contributed by atoms with Crippen LogP contribution in [0, 0.1) is 0 Å². The van der Waals surface area contributed by atoms with Crippen LogP contribution in [0.4, 0.5) is 26.3 Å². The number of halogens is 6. The topological polar surface area (TPSA) is 56.5 Å². The van der Waals surface area contributed by atoms with Crippen LogP contribution < -0.4 is 0 Å². The fourth-order valence-electron chi connectivity index (χ4n) is 3.18. The summed E-state index contributed by atoms with van der Waals surface area (Å²) in [5.41, 5.74) is -1.26. The highest BCUT2D eigenvalue weighted by Crippen LogP contribution is 2.37. The maximum absolute atomic E-state index is 13.2. The molecule has 0 bridgehead atoms. The first-order valence-corrected chi connectivity index (χ1v) is 9.16. The summed E-state index contributed by atoms with van der Waals surface area (Å²) in [4.78, 5) is 8.15. The highest BCUT2D eigenvalue weighted by Gasteiger charge is 2.37. The van der Waals surface area contributed by atoms with E-state index in [2.05, 4.69) is 20.3 Å². The lowest BCUT2D eigenvalue weighted by Crippen LogP contribution is -2.13. The lowest BCUT2D eigenvalue weighted by Gasteiger charge is -2.15. The Bertz CT molecular complexity index is 1180. The molecule has 0 unspecified atom stereocenters. The number of aromatic nitrogens is 5. The lowest BCUT2D eigenvalue weighted by atomic mass is 10.0. The van der Waals surface area contributed by atoms with Crippen molar-refractivity contribution in [3.8, 4) is 22.6 Å². The smallest absolute Gasteiger partial charge is 0.265 e. The zero-order valence-electron chi connectivity index (χ0n) is 16.1. The molecule has 0 radical (unpaired) electrons. The minimum atomic E-state index is -4.94. The third kappa shape index (κ3) is 4.46. The summed E-state index contributed by atoms with van der Waals surface area (Å²) in [5.74, 6) is 0. The zero-order valence-corrected chi connectivity index (χ0v) is 16.1. The van der Waals surface area contributed by atoms with Gasteiger partial charge in [-0.2, -0.15) is 26.3 Å². The van der Waals surface area contributed by atoms with Gasteiger partial charge in [-0.3, -0.25) is 9.97 Å². The van der Waals surface area contributed by atoms with Crippen molar-refractivity contribution in [1.82, 2.24) is 25.0 Å². The Balaban J connectivity index is 1.85. The fraction of sp³-hybridized carbons (Fsp3) is 0.143. The molecule has 164 valence electrons. The van der Waals surface area contributed by atoms with E-state index in [1.807, 2.05) is 0 Å². The Hall–Kier alpha value is -3.76. The van der Waals surface area contributed by atoms with Crippen LogP contribution in [0.3, 0.4) is 0 Å². The van der Waals surface area contributed by atoms with Gasteiger partial charge >= 0.3 is 12.4 Å². The van der Waals surface area contributed by atoms with Crippen LogP contribution in [0.5, 0.6) is 0 Å². The molecule has 4 rings (SSSR count). The molecule has 0 spiro atoms. The molecule has 0 aliphatic heterocycles. The Morgan fingerprint density at radius 1 is 0.781 bits per heavy atom. The minimum absolute atomic E-state index is 0.0912. The molecule has 0 aliphatic carbocycles. The van der Waals surface area contributed by atoms with Gasteiger partial charge in [0, 0.05) is 24.2 Å². The molecule has 0 N–H and O–H groups in total. The minimum Gasteiger partial charge on any atom is -0.265 e. The number of hydrogen-bond donors (Lipinski definition) is 0. The summed E-state index contributed by atoms with van der Waals surface area (Å²) in [6, 6.07) is 9.80. The van der Waals surface area contributed by atoms with Gasteiger partial charge in [-0.25, -0.2) is 4.68 Å². The van der Waals surface area contributed by atoms with Crippen LogP contribution in [0.2, 0.25) is 0 Å². The van der Waals surface area contributed by atoms with Crippen molar-refractivity contribution in [2.45, 2.75) is 18.9 Å². The molecule has 0 amide bonds. The number of pyridine rings is 2. The number of nitrogens with zero attached hydrogens (tertiary/aromatic N) is 5. The van der Waals surface area contributed by atoms with Crippen LogP contribution in [0.15, 0.2) is 67.1 Å². The SMILES string of the molecule is FC(F)(F)c1cc(Cn2nnc(-c3ccccn3)c2-c2ccncc2)cc(C(F)(F)F)c1. The lowest BCUT2D eigenvalue weighted by molar-refractivity contribution is -0.143. The highest BCUT2D eigenvalue weighted by molar-refractivity contribution is 5.75. The molecule has 11 heteroatoms. The van der Waals surface area contributed by atoms with Crippen molar-refractivity contribution >= 4 is 0 Å². The van der Waals surface area contributed by atoms with Crippen LogP contribution >= 0.6 is 0 Å². The van der Waals surface area contributed by atoms with E-state index in [9.17, 15) is 26.3 Å².